The third kappa shape index (κ3) is 3.58. The molecule has 0 bridgehead atoms. The van der Waals surface area contributed by atoms with Crippen LogP contribution < -0.4 is 14.8 Å². The molecule has 0 saturated heterocycles. The number of hydrogen-bond acceptors (Lipinski definition) is 4. The van der Waals surface area contributed by atoms with Gasteiger partial charge in [-0.3, -0.25) is 9.59 Å². The summed E-state index contributed by atoms with van der Waals surface area (Å²) in [6, 6.07) is 3.00. The lowest BCUT2D eigenvalue weighted by molar-refractivity contribution is -0.141. The van der Waals surface area contributed by atoms with E-state index in [4.69, 9.17) is 26.2 Å². The Bertz CT molecular complexity index is 561. The van der Waals surface area contributed by atoms with E-state index in [0.29, 0.717) is 28.5 Å². The van der Waals surface area contributed by atoms with E-state index < -0.39 is 17.8 Å². The summed E-state index contributed by atoms with van der Waals surface area (Å²) in [4.78, 5) is 23.1. The molecule has 0 fully saturated rings. The van der Waals surface area contributed by atoms with E-state index >= 15 is 0 Å². The standard InChI is InChI=1S/C14H16ClNO5/c1-2-3-8(14(18)19)6-16-13(17)9-4-10(15)12-11(5-9)20-7-21-12/h4-5,8H,2-3,6-7H2,1H3,(H,16,17)(H,18,19). The minimum atomic E-state index is -0.916. The van der Waals surface area contributed by atoms with Crippen LogP contribution >= 0.6 is 11.6 Å². The van der Waals surface area contributed by atoms with Gasteiger partial charge in [-0.2, -0.15) is 0 Å². The Morgan fingerprint density at radius 1 is 1.43 bits per heavy atom. The lowest BCUT2D eigenvalue weighted by atomic mass is 10.0. The molecule has 1 aliphatic rings. The van der Waals surface area contributed by atoms with E-state index in [9.17, 15) is 9.59 Å². The van der Waals surface area contributed by atoms with Gasteiger partial charge in [-0.25, -0.2) is 0 Å². The van der Waals surface area contributed by atoms with Crippen LogP contribution in [0.15, 0.2) is 12.1 Å². The van der Waals surface area contributed by atoms with Gasteiger partial charge in [-0.05, 0) is 18.6 Å². The fourth-order valence-corrected chi connectivity index (χ4v) is 2.34. The van der Waals surface area contributed by atoms with Crippen LogP contribution in [0.25, 0.3) is 0 Å². The summed E-state index contributed by atoms with van der Waals surface area (Å²) in [5.74, 6) is -1.07. The summed E-state index contributed by atoms with van der Waals surface area (Å²) in [6.07, 6.45) is 1.25. The molecular weight excluding hydrogens is 298 g/mol. The van der Waals surface area contributed by atoms with Gasteiger partial charge in [-0.1, -0.05) is 24.9 Å². The topological polar surface area (TPSA) is 84.9 Å². The lowest BCUT2D eigenvalue weighted by Crippen LogP contribution is -2.32. The number of ether oxygens (including phenoxy) is 2. The third-order valence-corrected chi connectivity index (χ3v) is 3.47. The highest BCUT2D eigenvalue weighted by Crippen LogP contribution is 2.39. The fraction of sp³-hybridized carbons (Fsp3) is 0.429. The molecule has 1 atom stereocenters. The minimum Gasteiger partial charge on any atom is -0.481 e. The van der Waals surface area contributed by atoms with Crippen molar-refractivity contribution in [2.24, 2.45) is 5.92 Å². The molecule has 21 heavy (non-hydrogen) atoms. The number of nitrogens with one attached hydrogen (secondary N) is 1. The molecule has 1 aromatic carbocycles. The van der Waals surface area contributed by atoms with Crippen molar-refractivity contribution in [3.63, 3.8) is 0 Å². The Kier molecular flexibility index (Phi) is 4.90. The first-order valence-corrected chi connectivity index (χ1v) is 7.00. The average molecular weight is 314 g/mol. The van der Waals surface area contributed by atoms with E-state index in [0.717, 1.165) is 6.42 Å². The van der Waals surface area contributed by atoms with Crippen molar-refractivity contribution in [3.05, 3.63) is 22.7 Å². The SMILES string of the molecule is CCCC(CNC(=O)c1cc(Cl)c2c(c1)OCO2)C(=O)O. The number of fused-ring (bicyclic) bond motifs is 1. The zero-order valence-corrected chi connectivity index (χ0v) is 12.3. The number of carboxylic acids is 1. The van der Waals surface area contributed by atoms with Crippen molar-refractivity contribution < 1.29 is 24.2 Å². The van der Waals surface area contributed by atoms with E-state index in [1.165, 1.54) is 12.1 Å². The zero-order valence-electron chi connectivity index (χ0n) is 11.5. The number of benzene rings is 1. The monoisotopic (exact) mass is 313 g/mol. The Labute approximate surface area is 127 Å². The van der Waals surface area contributed by atoms with Crippen molar-refractivity contribution in [1.82, 2.24) is 5.32 Å². The Morgan fingerprint density at radius 3 is 2.86 bits per heavy atom. The van der Waals surface area contributed by atoms with Crippen molar-refractivity contribution in [2.75, 3.05) is 13.3 Å². The first-order chi connectivity index (χ1) is 10.0. The van der Waals surface area contributed by atoms with Crippen LogP contribution in [0, 0.1) is 5.92 Å². The number of halogens is 1. The van der Waals surface area contributed by atoms with Crippen LogP contribution in [-0.4, -0.2) is 30.3 Å². The molecule has 0 saturated carbocycles. The summed E-state index contributed by atoms with van der Waals surface area (Å²) in [6.45, 7) is 2.04. The normalized spacial score (nSPS) is 13.8. The van der Waals surface area contributed by atoms with Gasteiger partial charge in [0.1, 0.15) is 0 Å². The average Bonchev–Trinajstić information content (AvgIpc) is 2.91. The highest BCUT2D eigenvalue weighted by molar-refractivity contribution is 6.32. The summed E-state index contributed by atoms with van der Waals surface area (Å²) < 4.78 is 10.4. The maximum atomic E-state index is 12.1. The number of hydrogen-bond donors (Lipinski definition) is 2. The van der Waals surface area contributed by atoms with Crippen molar-refractivity contribution >= 4 is 23.5 Å². The number of carboxylic acid groups (broad SMARTS) is 1. The first kappa shape index (κ1) is 15.4. The molecule has 2 rings (SSSR count). The smallest absolute Gasteiger partial charge is 0.308 e. The van der Waals surface area contributed by atoms with Crippen molar-refractivity contribution in [3.8, 4) is 11.5 Å². The molecule has 1 aromatic rings. The molecule has 7 heteroatoms. The van der Waals surface area contributed by atoms with Gasteiger partial charge in [0.25, 0.3) is 5.91 Å². The predicted octanol–water partition coefficient (Wildman–Crippen LogP) is 2.30. The second kappa shape index (κ2) is 6.67. The van der Waals surface area contributed by atoms with Crippen LogP contribution in [0.3, 0.4) is 0 Å². The largest absolute Gasteiger partial charge is 0.481 e. The maximum Gasteiger partial charge on any atom is 0.308 e. The van der Waals surface area contributed by atoms with E-state index in [2.05, 4.69) is 5.32 Å². The molecule has 2 N–H and O–H groups in total. The molecule has 0 radical (unpaired) electrons. The Balaban J connectivity index is 2.04. The van der Waals surface area contributed by atoms with E-state index in [1.54, 1.807) is 0 Å². The number of amides is 1. The number of aliphatic carboxylic acids is 1. The molecule has 6 nitrogen and oxygen atoms in total. The molecule has 0 aromatic heterocycles. The lowest BCUT2D eigenvalue weighted by Gasteiger charge is -2.12. The summed E-state index contributed by atoms with van der Waals surface area (Å²) in [5, 5.41) is 11.9. The molecule has 1 amide bonds. The molecule has 1 heterocycles. The molecule has 1 unspecified atom stereocenters. The number of rotatable bonds is 6. The minimum absolute atomic E-state index is 0.0672. The van der Waals surface area contributed by atoms with Gasteiger partial charge < -0.3 is 19.9 Å². The van der Waals surface area contributed by atoms with Crippen molar-refractivity contribution in [1.29, 1.82) is 0 Å². The van der Waals surface area contributed by atoms with Gasteiger partial charge >= 0.3 is 5.97 Å². The fourth-order valence-electron chi connectivity index (χ4n) is 2.08. The van der Waals surface area contributed by atoms with Crippen molar-refractivity contribution in [2.45, 2.75) is 19.8 Å². The molecule has 0 spiro atoms. The van der Waals surface area contributed by atoms with E-state index in [1.807, 2.05) is 6.92 Å². The summed E-state index contributed by atoms with van der Waals surface area (Å²) in [7, 11) is 0. The first-order valence-electron chi connectivity index (χ1n) is 6.63. The molecule has 114 valence electrons. The predicted molar refractivity (Wildman–Crippen MR) is 75.9 cm³/mol. The second-order valence-electron chi connectivity index (χ2n) is 4.73. The van der Waals surface area contributed by atoms with Crippen LogP contribution in [0.5, 0.6) is 11.5 Å². The molecule has 1 aliphatic heterocycles. The Morgan fingerprint density at radius 2 is 2.19 bits per heavy atom. The number of carbonyl (C=O) groups is 2. The molecule has 0 aliphatic carbocycles. The number of carbonyl (C=O) groups excluding carboxylic acids is 1. The van der Waals surface area contributed by atoms with Gasteiger partial charge in [-0.15, -0.1) is 0 Å². The third-order valence-electron chi connectivity index (χ3n) is 3.18. The van der Waals surface area contributed by atoms with Gasteiger partial charge in [0.05, 0.1) is 10.9 Å². The quantitative estimate of drug-likeness (QED) is 0.841. The van der Waals surface area contributed by atoms with Crippen LogP contribution in [-0.2, 0) is 4.79 Å². The summed E-state index contributed by atoms with van der Waals surface area (Å²) >= 11 is 6.00. The second-order valence-corrected chi connectivity index (χ2v) is 5.13. The van der Waals surface area contributed by atoms with Crippen LogP contribution in [0.4, 0.5) is 0 Å². The molecular formula is C14H16ClNO5. The van der Waals surface area contributed by atoms with Crippen LogP contribution in [0.2, 0.25) is 5.02 Å². The van der Waals surface area contributed by atoms with Gasteiger partial charge in [0.2, 0.25) is 6.79 Å². The Hall–Kier alpha value is -1.95. The van der Waals surface area contributed by atoms with E-state index in [-0.39, 0.29) is 13.3 Å². The van der Waals surface area contributed by atoms with Gasteiger partial charge in [0.15, 0.2) is 11.5 Å². The van der Waals surface area contributed by atoms with Crippen LogP contribution in [0.1, 0.15) is 30.1 Å². The highest BCUT2D eigenvalue weighted by atomic mass is 35.5. The zero-order chi connectivity index (χ0) is 15.4. The maximum absolute atomic E-state index is 12.1. The summed E-state index contributed by atoms with van der Waals surface area (Å²) in [5.41, 5.74) is 0.310. The van der Waals surface area contributed by atoms with Gasteiger partial charge in [0, 0.05) is 12.1 Å². The highest BCUT2D eigenvalue weighted by Gasteiger charge is 2.22.